The lowest BCUT2D eigenvalue weighted by atomic mass is 10.4. The quantitative estimate of drug-likeness (QED) is 0.772. The van der Waals surface area contributed by atoms with Gasteiger partial charge in [-0.25, -0.2) is 8.42 Å². The van der Waals surface area contributed by atoms with E-state index in [0.717, 1.165) is 4.31 Å². The van der Waals surface area contributed by atoms with Gasteiger partial charge in [0.2, 0.25) is 10.0 Å². The van der Waals surface area contributed by atoms with Gasteiger partial charge in [-0.1, -0.05) is 11.6 Å². The van der Waals surface area contributed by atoms with Crippen molar-refractivity contribution in [2.75, 3.05) is 20.2 Å². The molecule has 100 valence electrons. The molecule has 1 aromatic carbocycles. The largest absolute Gasteiger partial charge is 0.465 e. The average Bonchev–Trinajstić information content (AvgIpc) is 2.29. The summed E-state index contributed by atoms with van der Waals surface area (Å²) in [7, 11) is -2.37. The number of likely N-dealkylation sites (N-methyl/N-ethyl adjacent to an activating group) is 1. The summed E-state index contributed by atoms with van der Waals surface area (Å²) < 4.78 is 29.8. The molecule has 0 heterocycles. The second-order valence-electron chi connectivity index (χ2n) is 3.52. The molecule has 0 aliphatic carbocycles. The van der Waals surface area contributed by atoms with Gasteiger partial charge in [-0.15, -0.1) is 0 Å². The Balaban J connectivity index is 2.86. The number of sulfonamides is 1. The van der Waals surface area contributed by atoms with Gasteiger partial charge in [0, 0.05) is 12.1 Å². The predicted octanol–water partition coefficient (Wildman–Crippen LogP) is 1.52. The second kappa shape index (κ2) is 6.17. The Labute approximate surface area is 111 Å². The fraction of sp³-hybridized carbons (Fsp3) is 0.364. The van der Waals surface area contributed by atoms with Crippen LogP contribution in [0.1, 0.15) is 6.92 Å². The normalized spacial score (nSPS) is 11.6. The summed E-state index contributed by atoms with van der Waals surface area (Å²) in [5.74, 6) is -0.586. The monoisotopic (exact) mass is 291 g/mol. The Kier molecular flexibility index (Phi) is 5.13. The number of ether oxygens (including phenoxy) is 1. The standard InChI is InChI=1S/C11H14ClNO4S/c1-3-17-11(14)8-13(2)18(15,16)10-6-4-9(12)5-7-10/h4-7H,3,8H2,1-2H3. The predicted molar refractivity (Wildman–Crippen MR) is 67.9 cm³/mol. The molecule has 1 rings (SSSR count). The third-order valence-corrected chi connectivity index (χ3v) is 4.25. The smallest absolute Gasteiger partial charge is 0.321 e. The number of carbonyl (C=O) groups excluding carboxylic acids is 1. The van der Waals surface area contributed by atoms with E-state index in [1.54, 1.807) is 6.92 Å². The van der Waals surface area contributed by atoms with E-state index < -0.39 is 16.0 Å². The van der Waals surface area contributed by atoms with Crippen molar-refractivity contribution in [3.63, 3.8) is 0 Å². The fourth-order valence-corrected chi connectivity index (χ4v) is 2.50. The first-order valence-electron chi connectivity index (χ1n) is 5.25. The van der Waals surface area contributed by atoms with Gasteiger partial charge in [0.1, 0.15) is 6.54 Å². The molecule has 0 spiro atoms. The van der Waals surface area contributed by atoms with Gasteiger partial charge in [-0.3, -0.25) is 4.79 Å². The number of hydrogen-bond acceptors (Lipinski definition) is 4. The van der Waals surface area contributed by atoms with E-state index in [-0.39, 0.29) is 18.0 Å². The van der Waals surface area contributed by atoms with Crippen LogP contribution in [0.3, 0.4) is 0 Å². The molecule has 0 N–H and O–H groups in total. The summed E-state index contributed by atoms with van der Waals surface area (Å²) >= 11 is 5.68. The zero-order valence-corrected chi connectivity index (χ0v) is 11.7. The van der Waals surface area contributed by atoms with Gasteiger partial charge in [-0.2, -0.15) is 4.31 Å². The van der Waals surface area contributed by atoms with Crippen LogP contribution in [0.5, 0.6) is 0 Å². The highest BCUT2D eigenvalue weighted by molar-refractivity contribution is 7.89. The summed E-state index contributed by atoms with van der Waals surface area (Å²) in [5.41, 5.74) is 0. The highest BCUT2D eigenvalue weighted by atomic mass is 35.5. The van der Waals surface area contributed by atoms with Crippen molar-refractivity contribution in [3.8, 4) is 0 Å². The van der Waals surface area contributed by atoms with Crippen molar-refractivity contribution in [1.82, 2.24) is 4.31 Å². The van der Waals surface area contributed by atoms with Crippen molar-refractivity contribution in [3.05, 3.63) is 29.3 Å². The number of benzene rings is 1. The zero-order chi connectivity index (χ0) is 13.8. The second-order valence-corrected chi connectivity index (χ2v) is 6.00. The van der Waals surface area contributed by atoms with Gasteiger partial charge in [-0.05, 0) is 31.2 Å². The van der Waals surface area contributed by atoms with E-state index in [2.05, 4.69) is 0 Å². The Bertz CT molecular complexity index is 512. The fourth-order valence-electron chi connectivity index (χ4n) is 1.26. The van der Waals surface area contributed by atoms with Crippen LogP contribution in [0.2, 0.25) is 5.02 Å². The molecule has 18 heavy (non-hydrogen) atoms. The van der Waals surface area contributed by atoms with E-state index >= 15 is 0 Å². The van der Waals surface area contributed by atoms with Crippen LogP contribution < -0.4 is 0 Å². The minimum Gasteiger partial charge on any atom is -0.465 e. The molecular weight excluding hydrogens is 278 g/mol. The third-order valence-electron chi connectivity index (χ3n) is 2.18. The van der Waals surface area contributed by atoms with Crippen molar-refractivity contribution < 1.29 is 17.9 Å². The highest BCUT2D eigenvalue weighted by Gasteiger charge is 2.23. The average molecular weight is 292 g/mol. The highest BCUT2D eigenvalue weighted by Crippen LogP contribution is 2.17. The maximum atomic E-state index is 12.1. The summed E-state index contributed by atoms with van der Waals surface area (Å²) in [5, 5.41) is 0.446. The number of halogens is 1. The van der Waals surface area contributed by atoms with Gasteiger partial charge < -0.3 is 4.74 Å². The lowest BCUT2D eigenvalue weighted by Gasteiger charge is -2.16. The van der Waals surface area contributed by atoms with E-state index in [9.17, 15) is 13.2 Å². The van der Waals surface area contributed by atoms with Gasteiger partial charge in [0.25, 0.3) is 0 Å². The van der Waals surface area contributed by atoms with Crippen molar-refractivity contribution in [1.29, 1.82) is 0 Å². The topological polar surface area (TPSA) is 63.7 Å². The first-order chi connectivity index (χ1) is 8.37. The minimum atomic E-state index is -3.70. The number of nitrogens with zero attached hydrogens (tertiary/aromatic N) is 1. The summed E-state index contributed by atoms with van der Waals surface area (Å²) in [4.78, 5) is 11.3. The van der Waals surface area contributed by atoms with Gasteiger partial charge in [0.15, 0.2) is 0 Å². The van der Waals surface area contributed by atoms with Crippen LogP contribution in [-0.2, 0) is 19.6 Å². The summed E-state index contributed by atoms with van der Waals surface area (Å²) in [6.45, 7) is 1.55. The molecule has 0 bridgehead atoms. The number of esters is 1. The first-order valence-corrected chi connectivity index (χ1v) is 7.07. The molecule has 0 radical (unpaired) electrons. The number of rotatable bonds is 5. The summed E-state index contributed by atoms with van der Waals surface area (Å²) in [6, 6.07) is 5.73. The van der Waals surface area contributed by atoms with Crippen LogP contribution in [0, 0.1) is 0 Å². The number of carbonyl (C=O) groups is 1. The van der Waals surface area contributed by atoms with E-state index in [1.807, 2.05) is 0 Å². The van der Waals surface area contributed by atoms with Crippen LogP contribution in [-0.4, -0.2) is 38.9 Å². The molecule has 0 fully saturated rings. The number of hydrogen-bond donors (Lipinski definition) is 0. The molecule has 0 unspecified atom stereocenters. The molecule has 0 atom stereocenters. The van der Waals surface area contributed by atoms with Crippen molar-refractivity contribution >= 4 is 27.6 Å². The zero-order valence-electron chi connectivity index (χ0n) is 10.1. The van der Waals surface area contributed by atoms with Crippen LogP contribution in [0.4, 0.5) is 0 Å². The molecule has 0 saturated carbocycles. The molecule has 0 aliphatic heterocycles. The maximum absolute atomic E-state index is 12.1. The first kappa shape index (κ1) is 14.9. The molecule has 0 aliphatic rings. The molecule has 0 amide bonds. The van der Waals surface area contributed by atoms with Gasteiger partial charge in [0.05, 0.1) is 11.5 Å². The molecule has 7 heteroatoms. The van der Waals surface area contributed by atoms with Crippen LogP contribution in [0.25, 0.3) is 0 Å². The van der Waals surface area contributed by atoms with E-state index in [1.165, 1.54) is 31.3 Å². The Morgan fingerprint density at radius 3 is 2.39 bits per heavy atom. The van der Waals surface area contributed by atoms with Crippen molar-refractivity contribution in [2.45, 2.75) is 11.8 Å². The lowest BCUT2D eigenvalue weighted by molar-refractivity contribution is -0.143. The van der Waals surface area contributed by atoms with E-state index in [0.29, 0.717) is 5.02 Å². The summed E-state index contributed by atoms with van der Waals surface area (Å²) in [6.07, 6.45) is 0. The lowest BCUT2D eigenvalue weighted by Crippen LogP contribution is -2.33. The maximum Gasteiger partial charge on any atom is 0.321 e. The van der Waals surface area contributed by atoms with Crippen molar-refractivity contribution in [2.24, 2.45) is 0 Å². The van der Waals surface area contributed by atoms with Gasteiger partial charge >= 0.3 is 5.97 Å². The van der Waals surface area contributed by atoms with E-state index in [4.69, 9.17) is 16.3 Å². The molecule has 0 aromatic heterocycles. The molecular formula is C11H14ClNO4S. The molecule has 0 saturated heterocycles. The van der Waals surface area contributed by atoms with Crippen LogP contribution in [0.15, 0.2) is 29.2 Å². The minimum absolute atomic E-state index is 0.0821. The third kappa shape index (κ3) is 3.69. The molecule has 1 aromatic rings. The Hall–Kier alpha value is -1.11. The SMILES string of the molecule is CCOC(=O)CN(C)S(=O)(=O)c1ccc(Cl)cc1. The Morgan fingerprint density at radius 1 is 1.33 bits per heavy atom. The molecule has 5 nitrogen and oxygen atoms in total. The van der Waals surface area contributed by atoms with Crippen LogP contribution >= 0.6 is 11.6 Å². The Morgan fingerprint density at radius 2 is 1.89 bits per heavy atom.